The smallest absolute Gasteiger partial charge is 0.419 e. The minimum Gasteiger partial charge on any atom is -0.419 e. The largest absolute Gasteiger partial charge is 0.419 e. The van der Waals surface area contributed by atoms with Crippen LogP contribution in [-0.4, -0.2) is 22.6 Å². The summed E-state index contributed by atoms with van der Waals surface area (Å²) in [5, 5.41) is 13.1. The van der Waals surface area contributed by atoms with Crippen LogP contribution in [0.2, 0.25) is 0 Å². The number of esters is 2. The highest BCUT2D eigenvalue weighted by molar-refractivity contribution is 9.10. The van der Waals surface area contributed by atoms with Crippen molar-refractivity contribution < 1.29 is 37.2 Å². The molecule has 1 aliphatic rings. The zero-order valence-corrected chi connectivity index (χ0v) is 14.7. The molecule has 8 nitrogen and oxygen atoms in total. The third kappa shape index (κ3) is 3.95. The number of hydrogen-bond acceptors (Lipinski definition) is 7. The number of nitro groups is 1. The first kappa shape index (κ1) is 19.7. The van der Waals surface area contributed by atoms with Crippen molar-refractivity contribution in [1.82, 2.24) is 0 Å². The van der Waals surface area contributed by atoms with E-state index in [2.05, 4.69) is 15.9 Å². The van der Waals surface area contributed by atoms with Crippen molar-refractivity contribution in [2.75, 3.05) is 5.32 Å². The molecule has 0 unspecified atom stereocenters. The zero-order valence-electron chi connectivity index (χ0n) is 13.1. The van der Waals surface area contributed by atoms with Gasteiger partial charge in [-0.15, -0.1) is 0 Å². The maximum Gasteiger partial charge on any atom is 0.419 e. The SMILES string of the molecule is CC1(C)OC(=O)C(=CNc2c([N+](=O)[O-])ccc(Br)c2C(F)(F)F)C(=O)O1. The van der Waals surface area contributed by atoms with Gasteiger partial charge in [0.25, 0.3) is 11.5 Å². The summed E-state index contributed by atoms with van der Waals surface area (Å²) < 4.78 is 48.9. The van der Waals surface area contributed by atoms with Crippen LogP contribution in [0.1, 0.15) is 19.4 Å². The van der Waals surface area contributed by atoms with E-state index in [0.29, 0.717) is 6.20 Å². The Morgan fingerprint density at radius 1 is 1.23 bits per heavy atom. The van der Waals surface area contributed by atoms with E-state index in [-0.39, 0.29) is 0 Å². The summed E-state index contributed by atoms with van der Waals surface area (Å²) >= 11 is 2.68. The number of ether oxygens (including phenoxy) is 2. The molecule has 1 aromatic carbocycles. The van der Waals surface area contributed by atoms with E-state index in [1.165, 1.54) is 13.8 Å². The number of benzene rings is 1. The van der Waals surface area contributed by atoms with Crippen LogP contribution in [-0.2, 0) is 25.2 Å². The van der Waals surface area contributed by atoms with Gasteiger partial charge in [-0.05, 0) is 6.07 Å². The number of rotatable bonds is 3. The lowest BCUT2D eigenvalue weighted by Gasteiger charge is -2.29. The van der Waals surface area contributed by atoms with Crippen LogP contribution in [0.25, 0.3) is 0 Å². The Morgan fingerprint density at radius 3 is 2.23 bits per heavy atom. The second-order valence-electron chi connectivity index (χ2n) is 5.45. The van der Waals surface area contributed by atoms with Gasteiger partial charge in [-0.3, -0.25) is 10.1 Å². The van der Waals surface area contributed by atoms with Crippen LogP contribution in [0.4, 0.5) is 24.5 Å². The standard InChI is InChI=1S/C14H10BrF3N2O6/c1-13(2)25-11(21)6(12(22)26-13)5-19-10-8(20(23)24)4-3-7(15)9(10)14(16,17)18/h3-5,19H,1-2H3. The molecule has 1 fully saturated rings. The molecule has 0 aliphatic carbocycles. The lowest BCUT2D eigenvalue weighted by atomic mass is 10.1. The second kappa shape index (κ2) is 6.59. The van der Waals surface area contributed by atoms with E-state index in [4.69, 9.17) is 9.47 Å². The normalized spacial score (nSPS) is 16.6. The maximum absolute atomic E-state index is 13.3. The summed E-state index contributed by atoms with van der Waals surface area (Å²) in [6, 6.07) is 1.70. The number of carbonyl (C=O) groups is 2. The van der Waals surface area contributed by atoms with Gasteiger partial charge >= 0.3 is 18.1 Å². The maximum atomic E-state index is 13.3. The quantitative estimate of drug-likeness (QED) is 0.253. The summed E-state index contributed by atoms with van der Waals surface area (Å²) in [5.41, 5.74) is -3.97. The molecule has 0 spiro atoms. The van der Waals surface area contributed by atoms with E-state index in [1.54, 1.807) is 0 Å². The Kier molecular flexibility index (Phi) is 4.99. The van der Waals surface area contributed by atoms with Gasteiger partial charge in [-0.25, -0.2) is 9.59 Å². The fraction of sp³-hybridized carbons (Fsp3) is 0.286. The molecule has 1 aliphatic heterocycles. The van der Waals surface area contributed by atoms with Gasteiger partial charge in [0.05, 0.1) is 4.92 Å². The molecular formula is C14H10BrF3N2O6. The van der Waals surface area contributed by atoms with Crippen LogP contribution >= 0.6 is 15.9 Å². The van der Waals surface area contributed by atoms with Gasteiger partial charge in [0.15, 0.2) is 5.57 Å². The molecule has 0 bridgehead atoms. The molecule has 0 radical (unpaired) electrons. The highest BCUT2D eigenvalue weighted by Gasteiger charge is 2.41. The van der Waals surface area contributed by atoms with Gasteiger partial charge in [0.1, 0.15) is 11.3 Å². The van der Waals surface area contributed by atoms with E-state index in [0.717, 1.165) is 12.1 Å². The van der Waals surface area contributed by atoms with E-state index < -0.39 is 55.8 Å². The van der Waals surface area contributed by atoms with E-state index in [9.17, 15) is 32.9 Å². The Hall–Kier alpha value is -2.63. The molecule has 1 aromatic rings. The second-order valence-corrected chi connectivity index (χ2v) is 6.31. The van der Waals surface area contributed by atoms with Gasteiger partial charge in [0.2, 0.25) is 0 Å². The first-order valence-corrected chi connectivity index (χ1v) is 7.60. The van der Waals surface area contributed by atoms with Gasteiger partial charge in [0, 0.05) is 30.6 Å². The number of nitrogens with zero attached hydrogens (tertiary/aromatic N) is 1. The summed E-state index contributed by atoms with van der Waals surface area (Å²) in [6.07, 6.45) is -4.38. The van der Waals surface area contributed by atoms with Crippen molar-refractivity contribution in [3.8, 4) is 0 Å². The number of halogens is 4. The monoisotopic (exact) mass is 438 g/mol. The van der Waals surface area contributed by atoms with Crippen LogP contribution in [0.3, 0.4) is 0 Å². The zero-order chi connectivity index (χ0) is 19.9. The highest BCUT2D eigenvalue weighted by Crippen LogP contribution is 2.44. The lowest BCUT2D eigenvalue weighted by molar-refractivity contribution is -0.384. The minimum absolute atomic E-state index is 0.466. The van der Waals surface area contributed by atoms with Crippen molar-refractivity contribution >= 4 is 39.2 Å². The molecule has 0 atom stereocenters. The van der Waals surface area contributed by atoms with Crippen molar-refractivity contribution in [2.45, 2.75) is 25.8 Å². The molecule has 1 heterocycles. The topological polar surface area (TPSA) is 108 Å². The predicted octanol–water partition coefficient (Wildman–Crippen LogP) is 3.51. The van der Waals surface area contributed by atoms with Crippen molar-refractivity contribution in [3.05, 3.63) is 44.1 Å². The van der Waals surface area contributed by atoms with Gasteiger partial charge < -0.3 is 14.8 Å². The third-order valence-electron chi connectivity index (χ3n) is 3.09. The van der Waals surface area contributed by atoms with Crippen LogP contribution in [0, 0.1) is 10.1 Å². The van der Waals surface area contributed by atoms with Gasteiger partial charge in [-0.2, -0.15) is 13.2 Å². The summed E-state index contributed by atoms with van der Waals surface area (Å²) in [6.45, 7) is 2.57. The number of anilines is 1. The third-order valence-corrected chi connectivity index (χ3v) is 3.75. The number of hydrogen-bond donors (Lipinski definition) is 1. The Labute approximate surface area is 152 Å². The average Bonchev–Trinajstić information content (AvgIpc) is 2.43. The minimum atomic E-state index is -4.96. The molecular weight excluding hydrogens is 429 g/mol. The number of alkyl halides is 3. The number of cyclic esters (lactones) is 2. The molecule has 1 N–H and O–H groups in total. The summed E-state index contributed by atoms with van der Waals surface area (Å²) in [7, 11) is 0. The van der Waals surface area contributed by atoms with E-state index in [1.807, 2.05) is 5.32 Å². The molecule has 0 aromatic heterocycles. The van der Waals surface area contributed by atoms with Crippen LogP contribution in [0.5, 0.6) is 0 Å². The first-order chi connectivity index (χ1) is 11.8. The molecule has 26 heavy (non-hydrogen) atoms. The van der Waals surface area contributed by atoms with E-state index >= 15 is 0 Å². The van der Waals surface area contributed by atoms with Crippen molar-refractivity contribution in [3.63, 3.8) is 0 Å². The van der Waals surface area contributed by atoms with Crippen molar-refractivity contribution in [1.29, 1.82) is 0 Å². The highest BCUT2D eigenvalue weighted by atomic mass is 79.9. The van der Waals surface area contributed by atoms with Gasteiger partial charge in [-0.1, -0.05) is 15.9 Å². The fourth-order valence-corrected chi connectivity index (χ4v) is 2.62. The Morgan fingerprint density at radius 2 is 1.77 bits per heavy atom. The molecule has 0 saturated carbocycles. The first-order valence-electron chi connectivity index (χ1n) is 6.81. The van der Waals surface area contributed by atoms with Crippen molar-refractivity contribution in [2.24, 2.45) is 0 Å². The number of nitrogens with one attached hydrogen (secondary N) is 1. The Bertz CT molecular complexity index is 813. The fourth-order valence-electron chi connectivity index (χ4n) is 2.06. The molecule has 0 amide bonds. The lowest BCUT2D eigenvalue weighted by Crippen LogP contribution is -2.42. The Balaban J connectivity index is 2.52. The van der Waals surface area contributed by atoms with Crippen LogP contribution < -0.4 is 5.32 Å². The average molecular weight is 439 g/mol. The predicted molar refractivity (Wildman–Crippen MR) is 83.8 cm³/mol. The molecule has 1 saturated heterocycles. The number of nitro benzene ring substituents is 1. The molecule has 140 valence electrons. The summed E-state index contributed by atoms with van der Waals surface area (Å²) in [4.78, 5) is 33.6. The number of carbonyl (C=O) groups excluding carboxylic acids is 2. The molecule has 12 heteroatoms. The van der Waals surface area contributed by atoms with Crippen LogP contribution in [0.15, 0.2) is 28.4 Å². The summed E-state index contributed by atoms with van der Waals surface area (Å²) in [5.74, 6) is -3.83. The molecule has 2 rings (SSSR count).